The molecule has 0 N–H and O–H groups in total. The van der Waals surface area contributed by atoms with Gasteiger partial charge < -0.3 is 0 Å². The molecule has 0 saturated carbocycles. The largest absolute Gasteiger partial charge is 0.291 e. The van der Waals surface area contributed by atoms with E-state index in [1.807, 2.05) is 6.29 Å². The van der Waals surface area contributed by atoms with Crippen molar-refractivity contribution in [3.8, 4) is 0 Å². The Balaban J connectivity index is 2.98. The molecule has 0 rings (SSSR count). The highest BCUT2D eigenvalue weighted by Crippen LogP contribution is 2.15. The third kappa shape index (κ3) is 17.7. The standard InChI is InChI=1S/C21H41O/c1-3-21(2)19-17-15-13-11-9-7-5-4-6-8-10-12-14-16-18-20-22/h21H,3-19H2,1-2H3. The lowest BCUT2D eigenvalue weighted by atomic mass is 9.99. The molecule has 1 nitrogen and oxygen atoms in total. The van der Waals surface area contributed by atoms with Crippen molar-refractivity contribution in [2.45, 2.75) is 123 Å². The predicted molar refractivity (Wildman–Crippen MR) is 99.0 cm³/mol. The van der Waals surface area contributed by atoms with Crippen molar-refractivity contribution in [1.82, 2.24) is 0 Å². The summed E-state index contributed by atoms with van der Waals surface area (Å²) in [6.45, 7) is 4.68. The lowest BCUT2D eigenvalue weighted by molar-refractivity contribution is 0.468. The number of rotatable bonds is 18. The second-order valence-corrected chi connectivity index (χ2v) is 7.15. The Morgan fingerprint density at radius 2 is 1.00 bits per heavy atom. The Morgan fingerprint density at radius 1 is 0.636 bits per heavy atom. The molecule has 0 aliphatic heterocycles. The van der Waals surface area contributed by atoms with Gasteiger partial charge in [0.2, 0.25) is 0 Å². The van der Waals surface area contributed by atoms with Crippen molar-refractivity contribution in [3.05, 3.63) is 0 Å². The van der Waals surface area contributed by atoms with Gasteiger partial charge in [-0.05, 0) is 12.3 Å². The highest BCUT2D eigenvalue weighted by molar-refractivity contribution is 5.50. The summed E-state index contributed by atoms with van der Waals surface area (Å²) in [7, 11) is 0. The van der Waals surface area contributed by atoms with Crippen LogP contribution in [-0.4, -0.2) is 6.29 Å². The minimum Gasteiger partial charge on any atom is -0.291 e. The zero-order valence-electron chi connectivity index (χ0n) is 15.5. The average molecular weight is 310 g/mol. The van der Waals surface area contributed by atoms with E-state index < -0.39 is 0 Å². The third-order valence-corrected chi connectivity index (χ3v) is 4.92. The van der Waals surface area contributed by atoms with Crippen LogP contribution in [-0.2, 0) is 4.79 Å². The fourth-order valence-electron chi connectivity index (χ4n) is 3.02. The van der Waals surface area contributed by atoms with Crippen LogP contribution in [0.25, 0.3) is 0 Å². The van der Waals surface area contributed by atoms with Gasteiger partial charge in [0.15, 0.2) is 6.29 Å². The molecule has 1 radical (unpaired) electrons. The van der Waals surface area contributed by atoms with Crippen LogP contribution in [0.3, 0.4) is 0 Å². The van der Waals surface area contributed by atoms with E-state index >= 15 is 0 Å². The van der Waals surface area contributed by atoms with Crippen molar-refractivity contribution in [2.75, 3.05) is 0 Å². The highest BCUT2D eigenvalue weighted by atomic mass is 16.1. The first kappa shape index (κ1) is 21.7. The van der Waals surface area contributed by atoms with Crippen molar-refractivity contribution >= 4 is 6.29 Å². The summed E-state index contributed by atoms with van der Waals surface area (Å²) in [6.07, 6.45) is 24.7. The van der Waals surface area contributed by atoms with E-state index in [2.05, 4.69) is 13.8 Å². The molecular weight excluding hydrogens is 268 g/mol. The van der Waals surface area contributed by atoms with Gasteiger partial charge in [-0.1, -0.05) is 110 Å². The van der Waals surface area contributed by atoms with Gasteiger partial charge in [0.1, 0.15) is 0 Å². The van der Waals surface area contributed by atoms with Crippen molar-refractivity contribution in [2.24, 2.45) is 5.92 Å². The minimum atomic E-state index is 0.637. The minimum absolute atomic E-state index is 0.637. The summed E-state index contributed by atoms with van der Waals surface area (Å²) in [5.74, 6) is 0.934. The van der Waals surface area contributed by atoms with Crippen LogP contribution in [0.1, 0.15) is 123 Å². The molecule has 0 heterocycles. The molecule has 0 aromatic heterocycles. The van der Waals surface area contributed by atoms with Crippen molar-refractivity contribution < 1.29 is 4.79 Å². The van der Waals surface area contributed by atoms with Gasteiger partial charge in [-0.25, -0.2) is 0 Å². The average Bonchev–Trinajstić information content (AvgIpc) is 2.54. The molecule has 0 aliphatic carbocycles. The molecule has 0 fully saturated rings. The predicted octanol–water partition coefficient (Wildman–Crippen LogP) is 7.38. The summed E-state index contributed by atoms with van der Waals surface area (Å²) >= 11 is 0. The van der Waals surface area contributed by atoms with E-state index in [1.165, 1.54) is 96.3 Å². The number of unbranched alkanes of at least 4 members (excludes halogenated alkanes) is 14. The van der Waals surface area contributed by atoms with Gasteiger partial charge in [0.25, 0.3) is 0 Å². The van der Waals surface area contributed by atoms with Gasteiger partial charge in [0, 0.05) is 6.42 Å². The SMILES string of the molecule is CCC(C)CCCCCCCCCCCCCCCC[C]=O. The van der Waals surface area contributed by atoms with Gasteiger partial charge in [-0.3, -0.25) is 4.79 Å². The first-order valence-corrected chi connectivity index (χ1v) is 10.2. The Morgan fingerprint density at radius 3 is 1.36 bits per heavy atom. The normalized spacial score (nSPS) is 12.5. The van der Waals surface area contributed by atoms with Crippen molar-refractivity contribution in [1.29, 1.82) is 0 Å². The molecule has 0 aromatic carbocycles. The maximum atomic E-state index is 10.1. The highest BCUT2D eigenvalue weighted by Gasteiger charge is 1.98. The van der Waals surface area contributed by atoms with Crippen LogP contribution >= 0.6 is 0 Å². The quantitative estimate of drug-likeness (QED) is 0.241. The van der Waals surface area contributed by atoms with Crippen LogP contribution in [0.5, 0.6) is 0 Å². The molecule has 1 atom stereocenters. The zero-order valence-corrected chi connectivity index (χ0v) is 15.5. The van der Waals surface area contributed by atoms with E-state index in [0.29, 0.717) is 6.42 Å². The molecule has 131 valence electrons. The molecule has 0 saturated heterocycles. The molecule has 0 amide bonds. The van der Waals surface area contributed by atoms with Crippen LogP contribution in [0.2, 0.25) is 0 Å². The molecule has 22 heavy (non-hydrogen) atoms. The maximum absolute atomic E-state index is 10.1. The lowest BCUT2D eigenvalue weighted by Gasteiger charge is -2.07. The monoisotopic (exact) mass is 309 g/mol. The van der Waals surface area contributed by atoms with Gasteiger partial charge in [-0.15, -0.1) is 0 Å². The van der Waals surface area contributed by atoms with Gasteiger partial charge in [0.05, 0.1) is 0 Å². The smallest absolute Gasteiger partial charge is 0.198 e. The number of carbonyl (C=O) groups excluding carboxylic acids is 1. The Hall–Kier alpha value is -0.330. The lowest BCUT2D eigenvalue weighted by Crippen LogP contribution is -1.91. The second-order valence-electron chi connectivity index (χ2n) is 7.15. The first-order valence-electron chi connectivity index (χ1n) is 10.2. The number of hydrogen-bond donors (Lipinski definition) is 0. The Bertz CT molecular complexity index is 212. The molecule has 0 spiro atoms. The zero-order chi connectivity index (χ0) is 16.3. The molecular formula is C21H41O. The number of hydrogen-bond acceptors (Lipinski definition) is 1. The Labute approximate surface area is 140 Å². The topological polar surface area (TPSA) is 17.1 Å². The summed E-state index contributed by atoms with van der Waals surface area (Å²) in [4.78, 5) is 10.1. The summed E-state index contributed by atoms with van der Waals surface area (Å²) in [5, 5.41) is 0. The Kier molecular flexibility index (Phi) is 18.4. The van der Waals surface area contributed by atoms with E-state index in [9.17, 15) is 4.79 Å². The van der Waals surface area contributed by atoms with Gasteiger partial charge >= 0.3 is 0 Å². The van der Waals surface area contributed by atoms with Crippen LogP contribution in [0.4, 0.5) is 0 Å². The summed E-state index contributed by atoms with van der Waals surface area (Å²) in [5.41, 5.74) is 0. The maximum Gasteiger partial charge on any atom is 0.198 e. The fourth-order valence-corrected chi connectivity index (χ4v) is 3.02. The van der Waals surface area contributed by atoms with Crippen LogP contribution in [0.15, 0.2) is 0 Å². The molecule has 0 aromatic rings. The van der Waals surface area contributed by atoms with Crippen LogP contribution < -0.4 is 0 Å². The molecule has 0 aliphatic rings. The van der Waals surface area contributed by atoms with Crippen LogP contribution in [0, 0.1) is 5.92 Å². The second kappa shape index (κ2) is 18.7. The van der Waals surface area contributed by atoms with Crippen molar-refractivity contribution in [3.63, 3.8) is 0 Å². The molecule has 1 heteroatoms. The van der Waals surface area contributed by atoms with E-state index in [0.717, 1.165) is 12.3 Å². The van der Waals surface area contributed by atoms with E-state index in [4.69, 9.17) is 0 Å². The van der Waals surface area contributed by atoms with E-state index in [1.54, 1.807) is 0 Å². The summed E-state index contributed by atoms with van der Waals surface area (Å²) in [6, 6.07) is 0. The fraction of sp³-hybridized carbons (Fsp3) is 0.952. The molecule has 1 unspecified atom stereocenters. The summed E-state index contributed by atoms with van der Waals surface area (Å²) < 4.78 is 0. The third-order valence-electron chi connectivity index (χ3n) is 4.92. The van der Waals surface area contributed by atoms with E-state index in [-0.39, 0.29) is 0 Å². The molecule has 0 bridgehead atoms. The first-order chi connectivity index (χ1) is 10.8. The van der Waals surface area contributed by atoms with Gasteiger partial charge in [-0.2, -0.15) is 0 Å².